The molecule has 0 aromatic heterocycles. The summed E-state index contributed by atoms with van der Waals surface area (Å²) in [6.45, 7) is 22.2. The molecule has 7 aliphatic carbocycles. The standard InChI is InChI=1S/C13H24O3.C12H22O3.2C11H20O3.2C10H18O3.C9H16O3/c1-2-3-4-5-10-16-13(15)11-6-8-12(14)9-7-11;1-2-3-4-9-15-12(14)10-5-7-11(13)8-6-10;1-11(2,3)14-10(13)8-4-6-9(12)7-5-8;1-2-3-8-14-11(13)9-4-6-10(12)7-5-9;1-7(2)13-10(12)8-3-5-9(11)6-4-8;1-2-7-13-10(12)8-3-5-9(11)6-4-8;1-2-12-9(11)7-3-5-8(10)6-4-7/h11-12,14H,2-10H2,1H3;10-11,13H,2-9H2,1H3;8-9,12H,4-7H2,1-3H3;9-10,12H,2-8H2,1H3;7-9,11H,3-6H2,1-2H3;8-9,11H,2-7H2,1H3;7-8,10H,2-6H2,1H3. The van der Waals surface area contributed by atoms with Crippen molar-refractivity contribution in [1.29, 1.82) is 0 Å². The van der Waals surface area contributed by atoms with E-state index >= 15 is 0 Å². The summed E-state index contributed by atoms with van der Waals surface area (Å²) >= 11 is 0. The molecule has 568 valence electrons. The van der Waals surface area contributed by atoms with Crippen LogP contribution in [0.15, 0.2) is 0 Å². The Morgan fingerprint density at radius 1 is 0.289 bits per heavy atom. The van der Waals surface area contributed by atoms with E-state index in [0.29, 0.717) is 33.0 Å². The number of hydrogen-bond acceptors (Lipinski definition) is 21. The molecule has 97 heavy (non-hydrogen) atoms. The van der Waals surface area contributed by atoms with E-state index < -0.39 is 5.60 Å². The maximum absolute atomic E-state index is 11.6. The molecule has 0 radical (unpaired) electrons. The average molecular weight is 1390 g/mol. The molecule has 0 aliphatic heterocycles. The van der Waals surface area contributed by atoms with Crippen LogP contribution in [0, 0.1) is 41.4 Å². The van der Waals surface area contributed by atoms with Crippen LogP contribution in [-0.4, -0.2) is 165 Å². The molecule has 0 saturated heterocycles. The summed E-state index contributed by atoms with van der Waals surface area (Å²) < 4.78 is 35.9. The fraction of sp³-hybridized carbons (Fsp3) is 0.908. The van der Waals surface area contributed by atoms with E-state index in [1.54, 1.807) is 0 Å². The van der Waals surface area contributed by atoms with E-state index in [4.69, 9.17) is 33.2 Å². The van der Waals surface area contributed by atoms with Gasteiger partial charge in [-0.2, -0.15) is 0 Å². The van der Waals surface area contributed by atoms with Gasteiger partial charge in [-0.3, -0.25) is 33.6 Å². The summed E-state index contributed by atoms with van der Waals surface area (Å²) in [5.74, 6) is -0.345. The topological polar surface area (TPSA) is 326 Å². The maximum Gasteiger partial charge on any atom is 0.309 e. The second-order valence-electron chi connectivity index (χ2n) is 29.1. The van der Waals surface area contributed by atoms with Crippen LogP contribution in [0.4, 0.5) is 0 Å². The zero-order chi connectivity index (χ0) is 72.6. The predicted molar refractivity (Wildman–Crippen MR) is 372 cm³/mol. The Labute approximate surface area is 584 Å². The highest BCUT2D eigenvalue weighted by Gasteiger charge is 2.33. The molecule has 0 spiro atoms. The maximum atomic E-state index is 11.6. The van der Waals surface area contributed by atoms with Crippen LogP contribution >= 0.6 is 0 Å². The van der Waals surface area contributed by atoms with Gasteiger partial charge < -0.3 is 68.9 Å². The first-order valence-corrected chi connectivity index (χ1v) is 38.2. The highest BCUT2D eigenvalue weighted by Crippen LogP contribution is 2.31. The third kappa shape index (κ3) is 45.5. The minimum absolute atomic E-state index is 0.00220. The van der Waals surface area contributed by atoms with Crippen LogP contribution in [0.5, 0.6) is 0 Å². The minimum Gasteiger partial charge on any atom is -0.466 e. The second-order valence-corrected chi connectivity index (χ2v) is 29.1. The second kappa shape index (κ2) is 54.7. The number of ether oxygens (including phenoxy) is 7. The molecule has 0 atom stereocenters. The lowest BCUT2D eigenvalue weighted by Crippen LogP contribution is -2.31. The van der Waals surface area contributed by atoms with Crippen LogP contribution in [-0.2, 0) is 66.7 Å². The van der Waals surface area contributed by atoms with Crippen molar-refractivity contribution in [2.75, 3.05) is 33.0 Å². The molecular weight excluding hydrogens is 1250 g/mol. The summed E-state index contributed by atoms with van der Waals surface area (Å²) in [6, 6.07) is 0. The lowest BCUT2D eigenvalue weighted by molar-refractivity contribution is -0.162. The zero-order valence-corrected chi connectivity index (χ0v) is 61.9. The van der Waals surface area contributed by atoms with Gasteiger partial charge in [0, 0.05) is 0 Å². The largest absolute Gasteiger partial charge is 0.466 e. The van der Waals surface area contributed by atoms with Gasteiger partial charge in [-0.1, -0.05) is 66.2 Å². The van der Waals surface area contributed by atoms with Crippen molar-refractivity contribution in [2.45, 2.75) is 368 Å². The van der Waals surface area contributed by atoms with Gasteiger partial charge >= 0.3 is 41.8 Å². The third-order valence-electron chi connectivity index (χ3n) is 18.7. The van der Waals surface area contributed by atoms with Crippen LogP contribution in [0.2, 0.25) is 0 Å². The number of esters is 7. The van der Waals surface area contributed by atoms with Gasteiger partial charge in [0.05, 0.1) is 123 Å². The molecular formula is C76H138O21. The monoisotopic (exact) mass is 1390 g/mol. The summed E-state index contributed by atoms with van der Waals surface area (Å²) in [7, 11) is 0. The first-order chi connectivity index (χ1) is 46.2. The van der Waals surface area contributed by atoms with E-state index in [1.807, 2.05) is 48.5 Å². The van der Waals surface area contributed by atoms with Gasteiger partial charge in [0.25, 0.3) is 0 Å². The lowest BCUT2D eigenvalue weighted by atomic mass is 9.87. The van der Waals surface area contributed by atoms with Gasteiger partial charge in [-0.25, -0.2) is 0 Å². The minimum atomic E-state index is -0.396. The smallest absolute Gasteiger partial charge is 0.309 e. The molecule has 7 fully saturated rings. The molecule has 0 aromatic carbocycles. The molecule has 7 aliphatic rings. The van der Waals surface area contributed by atoms with E-state index in [0.717, 1.165) is 231 Å². The van der Waals surface area contributed by atoms with Gasteiger partial charge in [-0.15, -0.1) is 0 Å². The fourth-order valence-corrected chi connectivity index (χ4v) is 12.4. The molecule has 0 heterocycles. The first-order valence-electron chi connectivity index (χ1n) is 38.2. The van der Waals surface area contributed by atoms with Gasteiger partial charge in [-0.05, 0) is 247 Å². The molecule has 0 amide bonds. The Kier molecular flexibility index (Phi) is 51.4. The highest BCUT2D eigenvalue weighted by molar-refractivity contribution is 5.75. The Morgan fingerprint density at radius 3 is 0.763 bits per heavy atom. The van der Waals surface area contributed by atoms with Crippen LogP contribution in [0.1, 0.15) is 313 Å². The Balaban J connectivity index is 0.000000567. The fourth-order valence-electron chi connectivity index (χ4n) is 12.4. The van der Waals surface area contributed by atoms with Crippen molar-refractivity contribution < 1.29 is 102 Å². The number of aliphatic hydroxyl groups excluding tert-OH is 7. The molecule has 21 heteroatoms. The van der Waals surface area contributed by atoms with Crippen LogP contribution in [0.3, 0.4) is 0 Å². The number of rotatable bonds is 23. The number of hydrogen-bond donors (Lipinski definition) is 7. The summed E-state index contributed by atoms with van der Waals surface area (Å²) in [5, 5.41) is 64.9. The van der Waals surface area contributed by atoms with Gasteiger partial charge in [0.2, 0.25) is 0 Å². The number of unbranched alkanes of at least 4 members (excludes halogenated alkanes) is 6. The molecule has 0 bridgehead atoms. The summed E-state index contributed by atoms with van der Waals surface area (Å²) in [4.78, 5) is 80.3. The normalized spacial score (nSPS) is 27.7. The molecule has 21 nitrogen and oxygen atoms in total. The van der Waals surface area contributed by atoms with Gasteiger partial charge in [0.1, 0.15) is 5.60 Å². The molecule has 7 N–H and O–H groups in total. The average Bonchev–Trinajstić information content (AvgIpc) is 1.24. The molecule has 0 unspecified atom stereocenters. The Bertz CT molecular complexity index is 2030. The van der Waals surface area contributed by atoms with Crippen molar-refractivity contribution in [1.82, 2.24) is 0 Å². The van der Waals surface area contributed by atoms with Crippen LogP contribution < -0.4 is 0 Å². The van der Waals surface area contributed by atoms with Crippen molar-refractivity contribution in [3.63, 3.8) is 0 Å². The molecule has 7 saturated carbocycles. The summed E-state index contributed by atoms with van der Waals surface area (Å²) in [6.07, 6.45) is 30.5. The quantitative estimate of drug-likeness (QED) is 0.0284. The van der Waals surface area contributed by atoms with Crippen molar-refractivity contribution in [3.05, 3.63) is 0 Å². The van der Waals surface area contributed by atoms with E-state index in [9.17, 15) is 69.3 Å². The van der Waals surface area contributed by atoms with Crippen LogP contribution in [0.25, 0.3) is 0 Å². The predicted octanol–water partition coefficient (Wildman–Crippen LogP) is 12.8. The highest BCUT2D eigenvalue weighted by atomic mass is 16.6. The SMILES string of the molecule is CC(C)(C)OC(=O)C1CCC(O)CC1.CC(C)OC(=O)C1CCC(O)CC1.CCCCCCOC(=O)C1CCC(O)CC1.CCCCCOC(=O)C1CCC(O)CC1.CCCCOC(=O)C1CCC(O)CC1.CCCOC(=O)C1CCC(O)CC1.CCOC(=O)C1CCC(O)CC1. The molecule has 0 aromatic rings. The number of carbonyl (C=O) groups excluding carboxylic acids is 7. The number of aliphatic hydroxyl groups is 7. The van der Waals surface area contributed by atoms with Gasteiger partial charge in [0.15, 0.2) is 0 Å². The summed E-state index contributed by atoms with van der Waals surface area (Å²) in [5.41, 5.74) is -0.396. The third-order valence-corrected chi connectivity index (χ3v) is 18.7. The molecule has 7 rings (SSSR count). The van der Waals surface area contributed by atoms with Crippen molar-refractivity contribution in [3.8, 4) is 0 Å². The van der Waals surface area contributed by atoms with Crippen molar-refractivity contribution >= 4 is 41.8 Å². The van der Waals surface area contributed by atoms with E-state index in [1.165, 1.54) is 12.8 Å². The Hall–Kier alpha value is -3.99. The first kappa shape index (κ1) is 91.0. The zero-order valence-electron chi connectivity index (χ0n) is 61.9. The van der Waals surface area contributed by atoms with E-state index in [-0.39, 0.29) is 132 Å². The number of carbonyl (C=O) groups is 7. The lowest BCUT2D eigenvalue weighted by Gasteiger charge is -2.27. The van der Waals surface area contributed by atoms with Crippen molar-refractivity contribution in [2.24, 2.45) is 41.4 Å². The Morgan fingerprint density at radius 2 is 0.515 bits per heavy atom. The van der Waals surface area contributed by atoms with E-state index in [2.05, 4.69) is 20.8 Å².